The van der Waals surface area contributed by atoms with E-state index in [-0.39, 0.29) is 0 Å². The van der Waals surface area contributed by atoms with Gasteiger partial charge in [0.2, 0.25) is 5.91 Å². The Balaban J connectivity index is 1.24. The number of carbonyl (C=O) groups is 1. The van der Waals surface area contributed by atoms with Crippen LogP contribution in [0.2, 0.25) is 0 Å². The molecule has 1 amide bonds. The molecule has 1 aromatic heterocycles. The summed E-state index contributed by atoms with van der Waals surface area (Å²) < 4.78 is 1.27. The van der Waals surface area contributed by atoms with Gasteiger partial charge < -0.3 is 4.90 Å². The number of benzene rings is 1. The molecule has 27 heavy (non-hydrogen) atoms. The number of carbonyl (C=O) groups excluding carboxylic acids is 1. The summed E-state index contributed by atoms with van der Waals surface area (Å²) in [6.07, 6.45) is 6.23. The van der Waals surface area contributed by atoms with Crippen molar-refractivity contribution in [1.82, 2.24) is 19.7 Å². The normalized spacial score (nSPS) is 20.2. The van der Waals surface area contributed by atoms with Crippen LogP contribution in [-0.2, 0) is 11.3 Å². The first-order valence-corrected chi connectivity index (χ1v) is 11.1. The summed E-state index contributed by atoms with van der Waals surface area (Å²) in [6, 6.07) is 8.81. The molecule has 0 unspecified atom stereocenters. The number of aromatic nitrogens is 1. The summed E-state index contributed by atoms with van der Waals surface area (Å²) in [4.78, 5) is 24.2. The first-order valence-electron chi connectivity index (χ1n) is 10.2. The Morgan fingerprint density at radius 1 is 1.11 bits per heavy atom. The number of likely N-dealkylation sites (N-methyl/N-ethyl adjacent to an activating group) is 1. The second kappa shape index (κ2) is 8.67. The van der Waals surface area contributed by atoms with Crippen LogP contribution in [0.1, 0.15) is 37.1 Å². The number of amides is 1. The Morgan fingerprint density at radius 2 is 1.81 bits per heavy atom. The van der Waals surface area contributed by atoms with Crippen LogP contribution < -0.4 is 0 Å². The number of fused-ring (bicyclic) bond motifs is 1. The van der Waals surface area contributed by atoms with Crippen LogP contribution in [0.5, 0.6) is 0 Å². The predicted molar refractivity (Wildman–Crippen MR) is 111 cm³/mol. The molecule has 1 aliphatic heterocycles. The third-order valence-electron chi connectivity index (χ3n) is 6.04. The Morgan fingerprint density at radius 3 is 2.56 bits per heavy atom. The Bertz CT molecular complexity index is 729. The van der Waals surface area contributed by atoms with Crippen LogP contribution in [0, 0.1) is 0 Å². The fourth-order valence-corrected chi connectivity index (χ4v) is 5.27. The number of para-hydroxylation sites is 1. The summed E-state index contributed by atoms with van der Waals surface area (Å²) in [5, 5.41) is 1.19. The fourth-order valence-electron chi connectivity index (χ4n) is 4.26. The van der Waals surface area contributed by atoms with Crippen LogP contribution in [0.15, 0.2) is 24.3 Å². The van der Waals surface area contributed by atoms with E-state index in [2.05, 4.69) is 28.0 Å². The van der Waals surface area contributed by atoms with Gasteiger partial charge in [-0.3, -0.25) is 14.6 Å². The van der Waals surface area contributed by atoms with E-state index in [0.29, 0.717) is 18.5 Å². The monoisotopic (exact) mass is 386 g/mol. The molecule has 0 atom stereocenters. The third kappa shape index (κ3) is 4.68. The fraction of sp³-hybridized carbons (Fsp3) is 0.619. The van der Waals surface area contributed by atoms with Crippen molar-refractivity contribution in [3.8, 4) is 0 Å². The third-order valence-corrected chi connectivity index (χ3v) is 7.06. The molecule has 2 aliphatic rings. The molecule has 0 spiro atoms. The van der Waals surface area contributed by atoms with Gasteiger partial charge in [-0.1, -0.05) is 31.4 Å². The van der Waals surface area contributed by atoms with Gasteiger partial charge in [0.15, 0.2) is 0 Å². The second-order valence-corrected chi connectivity index (χ2v) is 9.04. The van der Waals surface area contributed by atoms with Crippen molar-refractivity contribution < 1.29 is 4.79 Å². The predicted octanol–water partition coefficient (Wildman–Crippen LogP) is 3.21. The molecule has 1 saturated heterocycles. The van der Waals surface area contributed by atoms with Crippen molar-refractivity contribution >= 4 is 27.5 Å². The van der Waals surface area contributed by atoms with Gasteiger partial charge in [0.25, 0.3) is 0 Å². The molecule has 6 heteroatoms. The van der Waals surface area contributed by atoms with Gasteiger partial charge in [-0.25, -0.2) is 4.98 Å². The van der Waals surface area contributed by atoms with Crippen molar-refractivity contribution in [2.75, 3.05) is 39.8 Å². The van der Waals surface area contributed by atoms with E-state index < -0.39 is 0 Å². The van der Waals surface area contributed by atoms with E-state index in [0.717, 1.165) is 38.2 Å². The van der Waals surface area contributed by atoms with E-state index in [4.69, 9.17) is 4.98 Å². The minimum atomic E-state index is 0.293. The summed E-state index contributed by atoms with van der Waals surface area (Å²) in [5.41, 5.74) is 1.10. The van der Waals surface area contributed by atoms with Gasteiger partial charge in [0.1, 0.15) is 5.01 Å². The van der Waals surface area contributed by atoms with Crippen LogP contribution in [0.25, 0.3) is 10.2 Å². The smallest absolute Gasteiger partial charge is 0.236 e. The lowest BCUT2D eigenvalue weighted by Gasteiger charge is -2.36. The molecular weight excluding hydrogens is 356 g/mol. The van der Waals surface area contributed by atoms with Gasteiger partial charge in [-0.05, 0) is 25.0 Å². The molecule has 2 aromatic rings. The van der Waals surface area contributed by atoms with Gasteiger partial charge in [0, 0.05) is 39.3 Å². The molecule has 0 N–H and O–H groups in total. The van der Waals surface area contributed by atoms with Crippen LogP contribution in [0.3, 0.4) is 0 Å². The van der Waals surface area contributed by atoms with E-state index in [1.165, 1.54) is 41.8 Å². The maximum Gasteiger partial charge on any atom is 0.236 e. The molecule has 4 rings (SSSR count). The number of hydrogen-bond acceptors (Lipinski definition) is 5. The van der Waals surface area contributed by atoms with Crippen molar-refractivity contribution in [1.29, 1.82) is 0 Å². The number of nitrogens with zero attached hydrogens (tertiary/aromatic N) is 4. The van der Waals surface area contributed by atoms with E-state index in [1.54, 1.807) is 11.3 Å². The summed E-state index contributed by atoms with van der Waals surface area (Å²) in [6.45, 7) is 5.45. The zero-order valence-corrected chi connectivity index (χ0v) is 17.1. The molecule has 146 valence electrons. The van der Waals surface area contributed by atoms with E-state index in [9.17, 15) is 4.79 Å². The highest BCUT2D eigenvalue weighted by molar-refractivity contribution is 7.18. The summed E-state index contributed by atoms with van der Waals surface area (Å²) >= 11 is 1.79. The number of piperazine rings is 1. The quantitative estimate of drug-likeness (QED) is 0.791. The van der Waals surface area contributed by atoms with Crippen molar-refractivity contribution in [3.05, 3.63) is 29.3 Å². The van der Waals surface area contributed by atoms with Crippen LogP contribution >= 0.6 is 11.3 Å². The SMILES string of the molecule is CN(C(=O)CN1CCN(Cc2nc3ccccc3s2)CC1)C1CCCCC1. The lowest BCUT2D eigenvalue weighted by Crippen LogP contribution is -2.50. The molecule has 1 saturated carbocycles. The summed E-state index contributed by atoms with van der Waals surface area (Å²) in [7, 11) is 2.00. The molecule has 2 heterocycles. The van der Waals surface area contributed by atoms with Gasteiger partial charge in [-0.2, -0.15) is 0 Å². The lowest BCUT2D eigenvalue weighted by atomic mass is 9.94. The number of thiazole rings is 1. The number of rotatable bonds is 5. The minimum Gasteiger partial charge on any atom is -0.342 e. The molecule has 1 aliphatic carbocycles. The van der Waals surface area contributed by atoms with Crippen molar-refractivity contribution in [2.24, 2.45) is 0 Å². The zero-order valence-electron chi connectivity index (χ0n) is 16.3. The van der Waals surface area contributed by atoms with E-state index >= 15 is 0 Å². The molecular formula is C21H30N4OS. The van der Waals surface area contributed by atoms with Crippen molar-refractivity contribution in [3.63, 3.8) is 0 Å². The Hall–Kier alpha value is -1.50. The zero-order chi connectivity index (χ0) is 18.6. The summed E-state index contributed by atoms with van der Waals surface area (Å²) in [5.74, 6) is 0.293. The second-order valence-electron chi connectivity index (χ2n) is 7.92. The van der Waals surface area contributed by atoms with Gasteiger partial charge >= 0.3 is 0 Å². The van der Waals surface area contributed by atoms with Crippen LogP contribution in [-0.4, -0.2) is 71.4 Å². The van der Waals surface area contributed by atoms with Gasteiger partial charge in [0.05, 0.1) is 23.3 Å². The number of hydrogen-bond donors (Lipinski definition) is 0. The highest BCUT2D eigenvalue weighted by Gasteiger charge is 2.25. The average molecular weight is 387 g/mol. The first-order chi connectivity index (χ1) is 13.2. The first kappa shape index (κ1) is 18.8. The highest BCUT2D eigenvalue weighted by Crippen LogP contribution is 2.23. The van der Waals surface area contributed by atoms with Gasteiger partial charge in [-0.15, -0.1) is 11.3 Å². The average Bonchev–Trinajstić information content (AvgIpc) is 3.12. The lowest BCUT2D eigenvalue weighted by molar-refractivity contribution is -0.134. The largest absolute Gasteiger partial charge is 0.342 e. The van der Waals surface area contributed by atoms with Crippen molar-refractivity contribution in [2.45, 2.75) is 44.7 Å². The Kier molecular flexibility index (Phi) is 6.05. The van der Waals surface area contributed by atoms with E-state index in [1.807, 2.05) is 18.0 Å². The molecule has 2 fully saturated rings. The molecule has 0 radical (unpaired) electrons. The topological polar surface area (TPSA) is 39.7 Å². The standard InChI is InChI=1S/C21H30N4OS/c1-23(17-7-3-2-4-8-17)21(26)16-25-13-11-24(12-14-25)15-20-22-18-9-5-6-10-19(18)27-20/h5-6,9-10,17H,2-4,7-8,11-16H2,1H3. The Labute approximate surface area is 166 Å². The molecule has 5 nitrogen and oxygen atoms in total. The van der Waals surface area contributed by atoms with Crippen LogP contribution in [0.4, 0.5) is 0 Å². The molecule has 0 bridgehead atoms. The highest BCUT2D eigenvalue weighted by atomic mass is 32.1. The minimum absolute atomic E-state index is 0.293. The maximum absolute atomic E-state index is 12.6. The molecule has 1 aromatic carbocycles. The maximum atomic E-state index is 12.6.